The van der Waals surface area contributed by atoms with Crippen molar-refractivity contribution in [2.45, 2.75) is 13.3 Å². The quantitative estimate of drug-likeness (QED) is 0.480. The third-order valence-corrected chi connectivity index (χ3v) is 1.90. The molecule has 0 atom stereocenters. The molecule has 1 aromatic rings. The standard InChI is InChI=1S/C10H13BO2/c1-2-13-10(12)7-8-5-3-4-6-9(8)11/h3-6H,2,7,11H2,1H3. The van der Waals surface area contributed by atoms with Gasteiger partial charge in [0.2, 0.25) is 0 Å². The molecule has 0 heterocycles. The number of benzene rings is 1. The number of carbonyl (C=O) groups excluding carboxylic acids is 1. The molecule has 1 aromatic carbocycles. The van der Waals surface area contributed by atoms with E-state index < -0.39 is 0 Å². The Labute approximate surface area is 79.3 Å². The van der Waals surface area contributed by atoms with Crippen molar-refractivity contribution < 1.29 is 9.53 Å². The van der Waals surface area contributed by atoms with Gasteiger partial charge in [0.15, 0.2) is 0 Å². The second-order valence-corrected chi connectivity index (χ2v) is 2.91. The summed E-state index contributed by atoms with van der Waals surface area (Å²) in [6.07, 6.45) is 0.376. The molecule has 0 spiro atoms. The summed E-state index contributed by atoms with van der Waals surface area (Å²) in [5, 5.41) is 0. The van der Waals surface area contributed by atoms with E-state index in [1.165, 1.54) is 0 Å². The summed E-state index contributed by atoms with van der Waals surface area (Å²) in [7, 11) is 1.99. The second kappa shape index (κ2) is 4.70. The molecule has 0 N–H and O–H groups in total. The summed E-state index contributed by atoms with van der Waals surface area (Å²) >= 11 is 0. The zero-order chi connectivity index (χ0) is 9.68. The molecule has 3 heteroatoms. The van der Waals surface area contributed by atoms with E-state index in [9.17, 15) is 4.79 Å². The molecule has 0 radical (unpaired) electrons. The van der Waals surface area contributed by atoms with Crippen LogP contribution in [-0.2, 0) is 16.0 Å². The molecule has 0 aromatic heterocycles. The minimum absolute atomic E-state index is 0.156. The minimum atomic E-state index is -0.156. The van der Waals surface area contributed by atoms with Gasteiger partial charge in [0, 0.05) is 0 Å². The van der Waals surface area contributed by atoms with Crippen molar-refractivity contribution in [3.8, 4) is 0 Å². The number of rotatable bonds is 3. The fraction of sp³-hybridized carbons (Fsp3) is 0.300. The first-order valence-corrected chi connectivity index (χ1v) is 4.44. The molecule has 13 heavy (non-hydrogen) atoms. The molecule has 0 saturated heterocycles. The highest BCUT2D eigenvalue weighted by Gasteiger charge is 2.04. The zero-order valence-corrected chi connectivity index (χ0v) is 8.04. The van der Waals surface area contributed by atoms with E-state index in [0.29, 0.717) is 13.0 Å². The normalized spacial score (nSPS) is 9.62. The van der Waals surface area contributed by atoms with Gasteiger partial charge < -0.3 is 4.74 Å². The van der Waals surface area contributed by atoms with Crippen LogP contribution in [0.5, 0.6) is 0 Å². The summed E-state index contributed by atoms with van der Waals surface area (Å²) in [4.78, 5) is 11.1. The number of hydrogen-bond donors (Lipinski definition) is 0. The van der Waals surface area contributed by atoms with E-state index in [-0.39, 0.29) is 5.97 Å². The maximum atomic E-state index is 11.1. The molecule has 0 aliphatic heterocycles. The first-order chi connectivity index (χ1) is 6.24. The van der Waals surface area contributed by atoms with Gasteiger partial charge in [0.05, 0.1) is 13.0 Å². The van der Waals surface area contributed by atoms with Crippen LogP contribution in [0.15, 0.2) is 24.3 Å². The highest BCUT2D eigenvalue weighted by atomic mass is 16.5. The summed E-state index contributed by atoms with van der Waals surface area (Å²) in [6, 6.07) is 7.84. The van der Waals surface area contributed by atoms with Crippen LogP contribution >= 0.6 is 0 Å². The van der Waals surface area contributed by atoms with Crippen LogP contribution in [0, 0.1) is 0 Å². The lowest BCUT2D eigenvalue weighted by Gasteiger charge is -2.04. The highest BCUT2D eigenvalue weighted by Crippen LogP contribution is 1.97. The van der Waals surface area contributed by atoms with Crippen LogP contribution in [0.25, 0.3) is 0 Å². The predicted molar refractivity (Wildman–Crippen MR) is 55.0 cm³/mol. The van der Waals surface area contributed by atoms with Crippen LogP contribution in [0.3, 0.4) is 0 Å². The minimum Gasteiger partial charge on any atom is -0.466 e. The molecule has 0 amide bonds. The molecule has 2 nitrogen and oxygen atoms in total. The van der Waals surface area contributed by atoms with E-state index >= 15 is 0 Å². The second-order valence-electron chi connectivity index (χ2n) is 2.91. The van der Waals surface area contributed by atoms with E-state index in [4.69, 9.17) is 4.74 Å². The van der Waals surface area contributed by atoms with Gasteiger partial charge in [-0.3, -0.25) is 4.79 Å². The average molecular weight is 176 g/mol. The maximum absolute atomic E-state index is 11.1. The van der Waals surface area contributed by atoms with Crippen LogP contribution in [0.2, 0.25) is 0 Å². The Hall–Kier alpha value is -1.25. The Morgan fingerprint density at radius 1 is 1.46 bits per heavy atom. The van der Waals surface area contributed by atoms with Gasteiger partial charge in [-0.05, 0) is 12.5 Å². The van der Waals surface area contributed by atoms with Crippen molar-refractivity contribution in [2.75, 3.05) is 6.61 Å². The van der Waals surface area contributed by atoms with Crippen LogP contribution in [0.1, 0.15) is 12.5 Å². The van der Waals surface area contributed by atoms with Gasteiger partial charge >= 0.3 is 5.97 Å². The Morgan fingerprint density at radius 3 is 2.77 bits per heavy atom. The van der Waals surface area contributed by atoms with Crippen LogP contribution in [-0.4, -0.2) is 20.4 Å². The van der Waals surface area contributed by atoms with Gasteiger partial charge in [-0.2, -0.15) is 0 Å². The monoisotopic (exact) mass is 176 g/mol. The van der Waals surface area contributed by atoms with Crippen molar-refractivity contribution >= 4 is 19.3 Å². The van der Waals surface area contributed by atoms with Crippen molar-refractivity contribution in [3.63, 3.8) is 0 Å². The third kappa shape index (κ3) is 2.94. The van der Waals surface area contributed by atoms with Gasteiger partial charge in [-0.1, -0.05) is 29.7 Å². The van der Waals surface area contributed by atoms with Crippen molar-refractivity contribution in [1.29, 1.82) is 0 Å². The molecule has 0 saturated carbocycles. The predicted octanol–water partition coefficient (Wildman–Crippen LogP) is 0.0506. The summed E-state index contributed by atoms with van der Waals surface area (Å²) in [5.74, 6) is -0.156. The van der Waals surface area contributed by atoms with Crippen molar-refractivity contribution in [3.05, 3.63) is 29.8 Å². The Balaban J connectivity index is 2.63. The lowest BCUT2D eigenvalue weighted by Crippen LogP contribution is -2.16. The molecule has 0 bridgehead atoms. The van der Waals surface area contributed by atoms with Crippen LogP contribution < -0.4 is 5.46 Å². The maximum Gasteiger partial charge on any atom is 0.310 e. The molecule has 0 aliphatic carbocycles. The summed E-state index contributed by atoms with van der Waals surface area (Å²) in [5.41, 5.74) is 2.18. The van der Waals surface area contributed by atoms with Gasteiger partial charge in [-0.15, -0.1) is 0 Å². The smallest absolute Gasteiger partial charge is 0.310 e. The number of carbonyl (C=O) groups is 1. The first-order valence-electron chi connectivity index (χ1n) is 4.44. The molecular formula is C10H13BO2. The summed E-state index contributed by atoms with van der Waals surface area (Å²) < 4.78 is 4.86. The van der Waals surface area contributed by atoms with Crippen molar-refractivity contribution in [2.24, 2.45) is 0 Å². The van der Waals surface area contributed by atoms with E-state index in [0.717, 1.165) is 11.0 Å². The zero-order valence-electron chi connectivity index (χ0n) is 8.04. The Morgan fingerprint density at radius 2 is 2.15 bits per heavy atom. The Kier molecular flexibility index (Phi) is 3.56. The van der Waals surface area contributed by atoms with Gasteiger partial charge in [0.1, 0.15) is 7.85 Å². The molecule has 68 valence electrons. The third-order valence-electron chi connectivity index (χ3n) is 1.90. The molecular weight excluding hydrogens is 163 g/mol. The first kappa shape index (κ1) is 9.84. The molecule has 0 aliphatic rings. The van der Waals surface area contributed by atoms with E-state index in [2.05, 4.69) is 0 Å². The largest absolute Gasteiger partial charge is 0.466 e. The number of ether oxygens (including phenoxy) is 1. The fourth-order valence-corrected chi connectivity index (χ4v) is 1.18. The topological polar surface area (TPSA) is 26.3 Å². The lowest BCUT2D eigenvalue weighted by atomic mass is 9.89. The van der Waals surface area contributed by atoms with Crippen LogP contribution in [0.4, 0.5) is 0 Å². The molecule has 1 rings (SSSR count). The van der Waals surface area contributed by atoms with Gasteiger partial charge in [0.25, 0.3) is 0 Å². The van der Waals surface area contributed by atoms with Crippen molar-refractivity contribution in [1.82, 2.24) is 0 Å². The van der Waals surface area contributed by atoms with E-state index in [1.54, 1.807) is 0 Å². The molecule has 0 unspecified atom stereocenters. The average Bonchev–Trinajstić information content (AvgIpc) is 2.09. The van der Waals surface area contributed by atoms with E-state index in [1.807, 2.05) is 39.0 Å². The SMILES string of the molecule is Bc1ccccc1CC(=O)OCC. The molecule has 0 fully saturated rings. The van der Waals surface area contributed by atoms with Gasteiger partial charge in [-0.25, -0.2) is 0 Å². The fourth-order valence-electron chi connectivity index (χ4n) is 1.18. The summed E-state index contributed by atoms with van der Waals surface area (Å²) in [6.45, 7) is 2.26. The number of esters is 1. The lowest BCUT2D eigenvalue weighted by molar-refractivity contribution is -0.142. The Bertz CT molecular complexity index is 297. The number of hydrogen-bond acceptors (Lipinski definition) is 2. The highest BCUT2D eigenvalue weighted by molar-refractivity contribution is 6.33.